The van der Waals surface area contributed by atoms with Crippen molar-refractivity contribution in [2.75, 3.05) is 13.2 Å². The minimum absolute atomic E-state index is 0.180. The van der Waals surface area contributed by atoms with Crippen molar-refractivity contribution < 1.29 is 24.1 Å². The number of hydrogen-bond acceptors (Lipinski definition) is 8. The molecule has 1 saturated heterocycles. The van der Waals surface area contributed by atoms with E-state index < -0.39 is 17.1 Å². The van der Waals surface area contributed by atoms with E-state index in [0.717, 1.165) is 13.0 Å². The smallest absolute Gasteiger partial charge is 0.383 e. The molecule has 0 aromatic heterocycles. The van der Waals surface area contributed by atoms with Crippen molar-refractivity contribution >= 4 is 23.6 Å². The number of hydroxylamine groups is 1. The molecule has 7 rings (SSSR count). The van der Waals surface area contributed by atoms with Gasteiger partial charge in [-0.15, -0.1) is 11.8 Å². The van der Waals surface area contributed by atoms with Gasteiger partial charge in [0.2, 0.25) is 5.91 Å². The summed E-state index contributed by atoms with van der Waals surface area (Å²) in [6, 6.07) is 38.6. The maximum atomic E-state index is 11.1. The lowest BCUT2D eigenvalue weighted by atomic mass is 9.84. The highest BCUT2D eigenvalue weighted by Gasteiger charge is 2.41. The highest BCUT2D eigenvalue weighted by atomic mass is 32.2. The van der Waals surface area contributed by atoms with Crippen molar-refractivity contribution in [3.05, 3.63) is 153 Å². The van der Waals surface area contributed by atoms with Crippen LogP contribution < -0.4 is 10.8 Å². The Morgan fingerprint density at radius 1 is 0.932 bits per heavy atom. The molecule has 4 aromatic rings. The number of nitrogens with zero attached hydrogens (tertiary/aromatic N) is 1. The molecule has 3 aliphatic heterocycles. The summed E-state index contributed by atoms with van der Waals surface area (Å²) in [5, 5.41) is 14.4. The zero-order valence-electron chi connectivity index (χ0n) is 24.1. The number of amides is 1. The minimum Gasteiger partial charge on any atom is -0.390 e. The highest BCUT2D eigenvalue weighted by molar-refractivity contribution is 8.01. The summed E-state index contributed by atoms with van der Waals surface area (Å²) in [7, 11) is 0. The number of fused-ring (bicyclic) bond motifs is 4. The zero-order chi connectivity index (χ0) is 30.9. The van der Waals surface area contributed by atoms with E-state index in [9.17, 15) is 19.7 Å². The second kappa shape index (κ2) is 14.3. The molecule has 1 fully saturated rings. The van der Waals surface area contributed by atoms with Gasteiger partial charge in [0, 0.05) is 24.8 Å². The van der Waals surface area contributed by atoms with Gasteiger partial charge >= 0.3 is 12.2 Å². The van der Waals surface area contributed by atoms with Gasteiger partial charge in [-0.2, -0.15) is 0 Å². The van der Waals surface area contributed by atoms with Crippen LogP contribution in [0.2, 0.25) is 0 Å². The average molecular weight is 612 g/mol. The molecule has 9 nitrogen and oxygen atoms in total. The Kier molecular flexibility index (Phi) is 10.1. The van der Waals surface area contributed by atoms with Crippen LogP contribution in [0.15, 0.2) is 115 Å². The first-order valence-electron chi connectivity index (χ1n) is 14.3. The molecule has 226 valence electrons. The standard InChI is InChI=1S/C26H28N2O2S.C8H5NO4/c1-20(29)28-30-19-24-17-25(18-27-24)31-26(21-11-5-2-6-12-21,22-13-7-3-8-14-22)23-15-9-4-10-16-23;10-8-6-3-1-5(2-4-6)7(13-8)9(11)12/h2-16,24-25,27H,17-19H2,1H3,(H,28,29);1-4,7H. The average Bonchev–Trinajstić information content (AvgIpc) is 3.36. The number of ether oxygens (including phenoxy) is 1. The first-order valence-corrected chi connectivity index (χ1v) is 15.2. The lowest BCUT2D eigenvalue weighted by molar-refractivity contribution is -0.574. The van der Waals surface area contributed by atoms with E-state index in [0.29, 0.717) is 23.0 Å². The minimum atomic E-state index is -1.36. The summed E-state index contributed by atoms with van der Waals surface area (Å²) in [6.07, 6.45) is -0.390. The fraction of sp³-hybridized carbons (Fsp3) is 0.235. The summed E-state index contributed by atoms with van der Waals surface area (Å²) in [5.41, 5.74) is 6.98. The number of nitro groups is 1. The molecule has 3 aliphatic rings. The monoisotopic (exact) mass is 611 g/mol. The summed E-state index contributed by atoms with van der Waals surface area (Å²) in [4.78, 5) is 37.4. The Bertz CT molecular complexity index is 1460. The number of thioether (sulfide) groups is 1. The van der Waals surface area contributed by atoms with Gasteiger partial charge in [-0.05, 0) is 47.4 Å². The Morgan fingerprint density at radius 2 is 1.45 bits per heavy atom. The van der Waals surface area contributed by atoms with Crippen LogP contribution in [-0.2, 0) is 19.1 Å². The van der Waals surface area contributed by atoms with Gasteiger partial charge in [0.1, 0.15) is 0 Å². The molecule has 2 bridgehead atoms. The largest absolute Gasteiger partial charge is 0.390 e. The van der Waals surface area contributed by atoms with E-state index in [4.69, 9.17) is 4.84 Å². The van der Waals surface area contributed by atoms with Crippen LogP contribution in [0.4, 0.5) is 0 Å². The molecular formula is C34H33N3O6S. The molecule has 1 amide bonds. The number of carbonyl (C=O) groups is 2. The van der Waals surface area contributed by atoms with E-state index in [-0.39, 0.29) is 16.7 Å². The third-order valence-corrected chi connectivity index (χ3v) is 9.16. The van der Waals surface area contributed by atoms with Crippen molar-refractivity contribution in [3.63, 3.8) is 0 Å². The molecule has 3 atom stereocenters. The Hall–Kier alpha value is -4.51. The molecule has 44 heavy (non-hydrogen) atoms. The molecule has 0 saturated carbocycles. The quantitative estimate of drug-likeness (QED) is 0.108. The summed E-state index contributed by atoms with van der Waals surface area (Å²) >= 11 is 2.00. The molecule has 10 heteroatoms. The third-order valence-electron chi connectivity index (χ3n) is 7.41. The lowest BCUT2D eigenvalue weighted by Crippen LogP contribution is -2.31. The first-order chi connectivity index (χ1) is 21.4. The predicted octanol–water partition coefficient (Wildman–Crippen LogP) is 5.64. The summed E-state index contributed by atoms with van der Waals surface area (Å²) in [5.74, 6) is -0.832. The summed E-state index contributed by atoms with van der Waals surface area (Å²) < 4.78 is 4.31. The van der Waals surface area contributed by atoms with Gasteiger partial charge in [0.05, 0.1) is 27.4 Å². The molecule has 4 aromatic carbocycles. The Labute approximate surface area is 260 Å². The van der Waals surface area contributed by atoms with Crippen LogP contribution in [0, 0.1) is 10.1 Å². The van der Waals surface area contributed by atoms with Gasteiger partial charge in [-0.3, -0.25) is 19.7 Å². The van der Waals surface area contributed by atoms with Gasteiger partial charge in [-0.1, -0.05) is 91.0 Å². The van der Waals surface area contributed by atoms with Crippen molar-refractivity contribution in [1.82, 2.24) is 10.8 Å². The maximum Gasteiger partial charge on any atom is 0.383 e. The lowest BCUT2D eigenvalue weighted by Gasteiger charge is -2.37. The normalized spacial score (nSPS) is 18.8. The molecule has 0 aliphatic carbocycles. The number of esters is 1. The number of nitrogens with one attached hydrogen (secondary N) is 2. The van der Waals surface area contributed by atoms with Gasteiger partial charge in [-0.25, -0.2) is 10.3 Å². The predicted molar refractivity (Wildman–Crippen MR) is 168 cm³/mol. The van der Waals surface area contributed by atoms with Crippen molar-refractivity contribution in [1.29, 1.82) is 0 Å². The van der Waals surface area contributed by atoms with Crippen LogP contribution >= 0.6 is 11.8 Å². The Balaban J connectivity index is 0.000000245. The van der Waals surface area contributed by atoms with Crippen LogP contribution in [0.3, 0.4) is 0 Å². The second-order valence-electron chi connectivity index (χ2n) is 10.5. The number of carbonyl (C=O) groups excluding carboxylic acids is 2. The first kappa shape index (κ1) is 30.9. The van der Waals surface area contributed by atoms with E-state index >= 15 is 0 Å². The van der Waals surface area contributed by atoms with Crippen LogP contribution in [-0.4, -0.2) is 41.2 Å². The number of hydrogen-bond donors (Lipinski definition) is 2. The molecule has 3 unspecified atom stereocenters. The second-order valence-corrected chi connectivity index (χ2v) is 12.0. The maximum absolute atomic E-state index is 11.1. The molecule has 2 N–H and O–H groups in total. The van der Waals surface area contributed by atoms with E-state index in [1.54, 1.807) is 0 Å². The number of rotatable bonds is 9. The molecular weight excluding hydrogens is 578 g/mol. The van der Waals surface area contributed by atoms with Gasteiger partial charge in [0.15, 0.2) is 0 Å². The van der Waals surface area contributed by atoms with Gasteiger partial charge in [0.25, 0.3) is 0 Å². The van der Waals surface area contributed by atoms with E-state index in [1.807, 2.05) is 11.8 Å². The van der Waals surface area contributed by atoms with Crippen LogP contribution in [0.1, 0.15) is 52.2 Å². The Morgan fingerprint density at radius 3 is 1.93 bits per heavy atom. The van der Waals surface area contributed by atoms with E-state index in [2.05, 4.69) is 107 Å². The SMILES string of the molecule is CC(=O)NOCC1CC(SC(c2ccccc2)(c2ccccc2)c2ccccc2)CN1.O=C1OC([N+](=O)[O-])c2ccc1cc2. The fourth-order valence-corrected chi connectivity index (χ4v) is 7.23. The van der Waals surface area contributed by atoms with Crippen molar-refractivity contribution in [2.24, 2.45) is 0 Å². The number of benzene rings is 4. The highest BCUT2D eigenvalue weighted by Crippen LogP contribution is 2.51. The van der Waals surface area contributed by atoms with Gasteiger partial charge < -0.3 is 10.1 Å². The fourth-order valence-electron chi connectivity index (χ4n) is 5.40. The van der Waals surface area contributed by atoms with Crippen LogP contribution in [0.25, 0.3) is 0 Å². The zero-order valence-corrected chi connectivity index (χ0v) is 24.9. The third kappa shape index (κ3) is 7.16. The van der Waals surface area contributed by atoms with Crippen LogP contribution in [0.5, 0.6) is 0 Å². The van der Waals surface area contributed by atoms with Crippen molar-refractivity contribution in [3.8, 4) is 0 Å². The van der Waals surface area contributed by atoms with E-state index in [1.165, 1.54) is 47.9 Å². The topological polar surface area (TPSA) is 120 Å². The molecule has 0 spiro atoms. The summed E-state index contributed by atoms with van der Waals surface area (Å²) in [6.45, 7) is 2.81. The van der Waals surface area contributed by atoms with Crippen molar-refractivity contribution in [2.45, 2.75) is 35.6 Å². The molecule has 3 heterocycles. The molecule has 0 radical (unpaired) electrons.